The Bertz CT molecular complexity index is 1150. The van der Waals surface area contributed by atoms with Crippen LogP contribution in [-0.4, -0.2) is 30.7 Å². The molecule has 0 saturated carbocycles. The molecule has 0 aliphatic carbocycles. The van der Waals surface area contributed by atoms with Crippen LogP contribution in [-0.2, 0) is 10.0 Å². The first kappa shape index (κ1) is 20.7. The molecule has 2 aromatic carbocycles. The predicted octanol–water partition coefficient (Wildman–Crippen LogP) is 3.39. The number of carbonyl (C=O) groups is 1. The number of hydrogen-bond donors (Lipinski definition) is 2. The Morgan fingerprint density at radius 2 is 1.90 bits per heavy atom. The lowest BCUT2D eigenvalue weighted by Gasteiger charge is -2.12. The standard InChI is InChI=1S/C18H16ClFN4O4S/c1-10(18-22-16(23-28-18)11-3-6-13(20)7-4-11)21-17(25)12-5-8-14(19)15(9-12)24-29(2,26)27/h3-10,24H,1-2H3,(H,21,25). The Kier molecular flexibility index (Phi) is 5.85. The van der Waals surface area contributed by atoms with E-state index in [1.54, 1.807) is 6.92 Å². The minimum absolute atomic E-state index is 0.0888. The minimum atomic E-state index is -3.56. The van der Waals surface area contributed by atoms with Gasteiger partial charge in [0, 0.05) is 11.1 Å². The second kappa shape index (κ2) is 8.18. The van der Waals surface area contributed by atoms with Crippen molar-refractivity contribution in [3.05, 3.63) is 64.8 Å². The van der Waals surface area contributed by atoms with Crippen LogP contribution in [0, 0.1) is 5.82 Å². The molecular formula is C18H16ClFN4O4S. The average Bonchev–Trinajstić information content (AvgIpc) is 3.13. The van der Waals surface area contributed by atoms with Crippen LogP contribution >= 0.6 is 11.6 Å². The topological polar surface area (TPSA) is 114 Å². The number of benzene rings is 2. The smallest absolute Gasteiger partial charge is 0.251 e. The highest BCUT2D eigenvalue weighted by Gasteiger charge is 2.19. The molecule has 2 N–H and O–H groups in total. The average molecular weight is 439 g/mol. The Morgan fingerprint density at radius 1 is 1.21 bits per heavy atom. The molecule has 8 nitrogen and oxygen atoms in total. The number of sulfonamides is 1. The molecule has 0 saturated heterocycles. The SMILES string of the molecule is CC(NC(=O)c1ccc(Cl)c(NS(C)(=O)=O)c1)c1nc(-c2ccc(F)cc2)no1. The van der Waals surface area contributed by atoms with Gasteiger partial charge in [0.1, 0.15) is 11.9 Å². The van der Waals surface area contributed by atoms with Crippen LogP contribution in [0.2, 0.25) is 5.02 Å². The van der Waals surface area contributed by atoms with Crippen molar-refractivity contribution in [2.24, 2.45) is 0 Å². The number of amides is 1. The number of halogens is 2. The van der Waals surface area contributed by atoms with Crippen molar-refractivity contribution in [1.82, 2.24) is 15.5 Å². The van der Waals surface area contributed by atoms with Gasteiger partial charge in [-0.05, 0) is 49.4 Å². The largest absolute Gasteiger partial charge is 0.341 e. The summed E-state index contributed by atoms with van der Waals surface area (Å²) in [4.78, 5) is 16.7. The lowest BCUT2D eigenvalue weighted by molar-refractivity contribution is 0.0932. The fourth-order valence-electron chi connectivity index (χ4n) is 2.41. The molecule has 1 heterocycles. The van der Waals surface area contributed by atoms with Crippen molar-refractivity contribution >= 4 is 33.2 Å². The van der Waals surface area contributed by atoms with Gasteiger partial charge >= 0.3 is 0 Å². The van der Waals surface area contributed by atoms with E-state index >= 15 is 0 Å². The molecule has 1 amide bonds. The number of anilines is 1. The monoisotopic (exact) mass is 438 g/mol. The quantitative estimate of drug-likeness (QED) is 0.609. The van der Waals surface area contributed by atoms with Gasteiger partial charge in [-0.2, -0.15) is 4.98 Å². The summed E-state index contributed by atoms with van der Waals surface area (Å²) >= 11 is 5.96. The third-order valence-corrected chi connectivity index (χ3v) is 4.71. The van der Waals surface area contributed by atoms with Crippen LogP contribution in [0.15, 0.2) is 47.0 Å². The van der Waals surface area contributed by atoms with E-state index in [-0.39, 0.29) is 33.8 Å². The minimum Gasteiger partial charge on any atom is -0.341 e. The van der Waals surface area contributed by atoms with Gasteiger partial charge in [-0.25, -0.2) is 12.8 Å². The van der Waals surface area contributed by atoms with E-state index in [4.69, 9.17) is 16.1 Å². The summed E-state index contributed by atoms with van der Waals surface area (Å²) in [5, 5.41) is 6.66. The molecule has 29 heavy (non-hydrogen) atoms. The Balaban J connectivity index is 1.74. The zero-order valence-corrected chi connectivity index (χ0v) is 16.9. The Hall–Kier alpha value is -2.98. The summed E-state index contributed by atoms with van der Waals surface area (Å²) in [6.07, 6.45) is 0.979. The molecule has 11 heteroatoms. The number of hydrogen-bond acceptors (Lipinski definition) is 6. The first-order chi connectivity index (χ1) is 13.6. The predicted molar refractivity (Wildman–Crippen MR) is 105 cm³/mol. The molecule has 1 unspecified atom stereocenters. The van der Waals surface area contributed by atoms with E-state index in [0.29, 0.717) is 5.56 Å². The lowest BCUT2D eigenvalue weighted by Crippen LogP contribution is -2.27. The molecule has 0 radical (unpaired) electrons. The first-order valence-corrected chi connectivity index (χ1v) is 10.6. The second-order valence-electron chi connectivity index (χ2n) is 6.23. The van der Waals surface area contributed by atoms with Crippen LogP contribution < -0.4 is 10.0 Å². The van der Waals surface area contributed by atoms with Crippen molar-refractivity contribution in [3.8, 4) is 11.4 Å². The fourth-order valence-corrected chi connectivity index (χ4v) is 3.20. The summed E-state index contributed by atoms with van der Waals surface area (Å²) in [6.45, 7) is 1.64. The maximum Gasteiger partial charge on any atom is 0.251 e. The molecule has 0 spiro atoms. The third-order valence-electron chi connectivity index (χ3n) is 3.79. The van der Waals surface area contributed by atoms with Crippen LogP contribution in [0.4, 0.5) is 10.1 Å². The maximum absolute atomic E-state index is 13.0. The third kappa shape index (κ3) is 5.30. The van der Waals surface area contributed by atoms with Gasteiger partial charge in [-0.15, -0.1) is 0 Å². The normalized spacial score (nSPS) is 12.4. The molecular weight excluding hydrogens is 423 g/mol. The molecule has 0 fully saturated rings. The van der Waals surface area contributed by atoms with Crippen molar-refractivity contribution in [3.63, 3.8) is 0 Å². The summed E-state index contributed by atoms with van der Waals surface area (Å²) in [5.41, 5.74) is 0.839. The Labute approximate surface area is 171 Å². The van der Waals surface area contributed by atoms with Crippen LogP contribution in [0.5, 0.6) is 0 Å². The van der Waals surface area contributed by atoms with Crippen molar-refractivity contribution in [2.45, 2.75) is 13.0 Å². The van der Waals surface area contributed by atoms with Gasteiger partial charge in [0.2, 0.25) is 21.7 Å². The second-order valence-corrected chi connectivity index (χ2v) is 8.38. The van der Waals surface area contributed by atoms with E-state index in [1.807, 2.05) is 0 Å². The molecule has 0 aliphatic heterocycles. The lowest BCUT2D eigenvalue weighted by atomic mass is 10.1. The van der Waals surface area contributed by atoms with Crippen molar-refractivity contribution < 1.29 is 22.1 Å². The van der Waals surface area contributed by atoms with Crippen molar-refractivity contribution in [2.75, 3.05) is 11.0 Å². The summed E-state index contributed by atoms with van der Waals surface area (Å²) in [7, 11) is -3.56. The molecule has 0 aliphatic rings. The first-order valence-electron chi connectivity index (χ1n) is 8.30. The van der Waals surface area contributed by atoms with Gasteiger partial charge in [0.05, 0.1) is 17.0 Å². The van der Waals surface area contributed by atoms with E-state index in [0.717, 1.165) is 6.26 Å². The number of rotatable bonds is 6. The van der Waals surface area contributed by atoms with Crippen molar-refractivity contribution in [1.29, 1.82) is 0 Å². The number of aromatic nitrogens is 2. The van der Waals surface area contributed by atoms with E-state index < -0.39 is 22.0 Å². The van der Waals surface area contributed by atoms with Gasteiger partial charge < -0.3 is 9.84 Å². The highest BCUT2D eigenvalue weighted by Crippen LogP contribution is 2.25. The van der Waals surface area contributed by atoms with E-state index in [1.165, 1.54) is 42.5 Å². The molecule has 1 aromatic heterocycles. The fraction of sp³-hybridized carbons (Fsp3) is 0.167. The molecule has 3 rings (SSSR count). The maximum atomic E-state index is 13.0. The van der Waals surface area contributed by atoms with Gasteiger partial charge in [-0.3, -0.25) is 9.52 Å². The zero-order valence-electron chi connectivity index (χ0n) is 15.3. The summed E-state index contributed by atoms with van der Waals surface area (Å²) in [5.74, 6) is -0.466. The molecule has 0 bridgehead atoms. The van der Waals surface area contributed by atoms with Gasteiger partial charge in [0.25, 0.3) is 5.91 Å². The van der Waals surface area contributed by atoms with Gasteiger partial charge in [-0.1, -0.05) is 16.8 Å². The molecule has 152 valence electrons. The number of carbonyl (C=O) groups excluding carboxylic acids is 1. The number of nitrogens with one attached hydrogen (secondary N) is 2. The summed E-state index contributed by atoms with van der Waals surface area (Å²) in [6, 6.07) is 9.13. The highest BCUT2D eigenvalue weighted by atomic mass is 35.5. The van der Waals surface area contributed by atoms with Gasteiger partial charge in [0.15, 0.2) is 0 Å². The zero-order chi connectivity index (χ0) is 21.2. The van der Waals surface area contributed by atoms with E-state index in [2.05, 4.69) is 20.2 Å². The van der Waals surface area contributed by atoms with Crippen LogP contribution in [0.1, 0.15) is 29.2 Å². The van der Waals surface area contributed by atoms with Crippen LogP contribution in [0.3, 0.4) is 0 Å². The number of nitrogens with zero attached hydrogens (tertiary/aromatic N) is 2. The Morgan fingerprint density at radius 3 is 2.55 bits per heavy atom. The van der Waals surface area contributed by atoms with Crippen LogP contribution in [0.25, 0.3) is 11.4 Å². The molecule has 3 aromatic rings. The highest BCUT2D eigenvalue weighted by molar-refractivity contribution is 7.92. The van der Waals surface area contributed by atoms with E-state index in [9.17, 15) is 17.6 Å². The summed E-state index contributed by atoms with van der Waals surface area (Å²) < 4.78 is 43.3. The molecule has 1 atom stereocenters.